The molecular formula is C17H21NO3S. The fraction of sp³-hybridized carbons (Fsp3) is 0.529. The topological polar surface area (TPSA) is 57.6 Å². The first-order valence-electron chi connectivity index (χ1n) is 7.83. The van der Waals surface area contributed by atoms with Gasteiger partial charge in [-0.25, -0.2) is 4.79 Å². The van der Waals surface area contributed by atoms with Crippen molar-refractivity contribution in [2.24, 2.45) is 5.92 Å². The number of fused-ring (bicyclic) bond motifs is 1. The van der Waals surface area contributed by atoms with Crippen LogP contribution < -0.4 is 0 Å². The molecule has 5 heteroatoms. The second-order valence-electron chi connectivity index (χ2n) is 6.09. The summed E-state index contributed by atoms with van der Waals surface area (Å²) in [6, 6.07) is 9.63. The van der Waals surface area contributed by atoms with Gasteiger partial charge in [0.2, 0.25) is 5.91 Å². The Hall–Kier alpha value is -1.49. The van der Waals surface area contributed by atoms with Crippen molar-refractivity contribution in [1.82, 2.24) is 4.90 Å². The fourth-order valence-corrected chi connectivity index (χ4v) is 4.72. The fourth-order valence-electron chi connectivity index (χ4n) is 3.46. The Bertz CT molecular complexity index is 548. The third-order valence-electron chi connectivity index (χ3n) is 4.68. The number of aryl methyl sites for hydroxylation is 1. The summed E-state index contributed by atoms with van der Waals surface area (Å²) < 4.78 is 0. The Balaban J connectivity index is 1.67. The predicted octanol–water partition coefficient (Wildman–Crippen LogP) is 2.43. The van der Waals surface area contributed by atoms with Gasteiger partial charge in [-0.1, -0.05) is 30.3 Å². The quantitative estimate of drug-likeness (QED) is 0.926. The van der Waals surface area contributed by atoms with Gasteiger partial charge in [0.15, 0.2) is 0 Å². The van der Waals surface area contributed by atoms with Crippen LogP contribution in [0.15, 0.2) is 30.3 Å². The molecule has 0 spiro atoms. The van der Waals surface area contributed by atoms with E-state index in [1.165, 1.54) is 5.56 Å². The van der Waals surface area contributed by atoms with Crippen LogP contribution in [-0.2, 0) is 16.0 Å². The van der Waals surface area contributed by atoms with Gasteiger partial charge in [0.25, 0.3) is 0 Å². The second kappa shape index (κ2) is 6.73. The number of hydrogen-bond acceptors (Lipinski definition) is 3. The highest BCUT2D eigenvalue weighted by atomic mass is 32.2. The predicted molar refractivity (Wildman–Crippen MR) is 86.9 cm³/mol. The van der Waals surface area contributed by atoms with E-state index in [2.05, 4.69) is 12.1 Å². The van der Waals surface area contributed by atoms with Crippen molar-refractivity contribution in [3.8, 4) is 0 Å². The van der Waals surface area contributed by atoms with E-state index in [9.17, 15) is 14.7 Å². The number of thioether (sulfide) groups is 1. The van der Waals surface area contributed by atoms with Crippen molar-refractivity contribution in [2.45, 2.75) is 37.8 Å². The van der Waals surface area contributed by atoms with E-state index in [4.69, 9.17) is 0 Å². The number of benzene rings is 1. The zero-order chi connectivity index (χ0) is 15.5. The summed E-state index contributed by atoms with van der Waals surface area (Å²) in [5.41, 5.74) is 1.24. The van der Waals surface area contributed by atoms with E-state index in [1.807, 2.05) is 18.2 Å². The van der Waals surface area contributed by atoms with Gasteiger partial charge < -0.3 is 10.0 Å². The molecule has 0 radical (unpaired) electrons. The second-order valence-corrected chi connectivity index (χ2v) is 7.16. The maximum absolute atomic E-state index is 12.7. The van der Waals surface area contributed by atoms with Crippen LogP contribution in [0.25, 0.3) is 0 Å². The first-order valence-corrected chi connectivity index (χ1v) is 8.99. The average Bonchev–Trinajstić information content (AvgIpc) is 2.54. The van der Waals surface area contributed by atoms with E-state index in [0.29, 0.717) is 5.75 Å². The molecule has 2 heterocycles. The number of nitrogens with zero attached hydrogens (tertiary/aromatic N) is 1. The van der Waals surface area contributed by atoms with Crippen molar-refractivity contribution in [3.05, 3.63) is 35.9 Å². The number of aliphatic carboxylic acids is 1. The van der Waals surface area contributed by atoms with E-state index in [1.54, 1.807) is 16.7 Å². The van der Waals surface area contributed by atoms with E-state index >= 15 is 0 Å². The standard InChI is InChI=1S/C17H21NO3S/c19-16-13(7-6-12-4-2-1-3-5-12)8-9-14-10-22-11-15(17(20)21)18(14)16/h1-5,13-15H,6-11H2,(H,20,21). The molecule has 0 aromatic heterocycles. The van der Waals surface area contributed by atoms with Crippen LogP contribution in [0, 0.1) is 5.92 Å². The molecule has 2 fully saturated rings. The number of hydrogen-bond donors (Lipinski definition) is 1. The molecule has 3 unspecified atom stereocenters. The minimum atomic E-state index is -0.866. The number of rotatable bonds is 4. The molecule has 3 rings (SSSR count). The van der Waals surface area contributed by atoms with E-state index in [-0.39, 0.29) is 17.9 Å². The number of carboxylic acid groups (broad SMARTS) is 1. The summed E-state index contributed by atoms with van der Waals surface area (Å²) in [5, 5.41) is 9.38. The van der Waals surface area contributed by atoms with Crippen molar-refractivity contribution in [1.29, 1.82) is 0 Å². The number of carboxylic acids is 1. The molecule has 2 saturated heterocycles. The van der Waals surface area contributed by atoms with Crippen LogP contribution in [0.4, 0.5) is 0 Å². The molecule has 0 saturated carbocycles. The van der Waals surface area contributed by atoms with Gasteiger partial charge in [-0.2, -0.15) is 11.8 Å². The molecule has 3 atom stereocenters. The zero-order valence-corrected chi connectivity index (χ0v) is 13.3. The molecule has 1 N–H and O–H groups in total. The molecule has 1 aromatic carbocycles. The van der Waals surface area contributed by atoms with Crippen molar-refractivity contribution in [2.75, 3.05) is 11.5 Å². The highest BCUT2D eigenvalue weighted by Gasteiger charge is 2.43. The van der Waals surface area contributed by atoms with Gasteiger partial charge >= 0.3 is 5.97 Å². The van der Waals surface area contributed by atoms with E-state index in [0.717, 1.165) is 31.4 Å². The largest absolute Gasteiger partial charge is 0.480 e. The smallest absolute Gasteiger partial charge is 0.327 e. The molecule has 2 aliphatic rings. The molecule has 1 aromatic rings. The minimum Gasteiger partial charge on any atom is -0.480 e. The Labute approximate surface area is 134 Å². The zero-order valence-electron chi connectivity index (χ0n) is 12.5. The van der Waals surface area contributed by atoms with Gasteiger partial charge in [0, 0.05) is 23.5 Å². The summed E-state index contributed by atoms with van der Waals surface area (Å²) in [6.07, 6.45) is 3.51. The summed E-state index contributed by atoms with van der Waals surface area (Å²) in [6.45, 7) is 0. The lowest BCUT2D eigenvalue weighted by Crippen LogP contribution is -2.59. The van der Waals surface area contributed by atoms with Crippen molar-refractivity contribution < 1.29 is 14.7 Å². The van der Waals surface area contributed by atoms with Crippen LogP contribution in [0.1, 0.15) is 24.8 Å². The van der Waals surface area contributed by atoms with Gasteiger partial charge in [0.1, 0.15) is 6.04 Å². The van der Waals surface area contributed by atoms with E-state index < -0.39 is 12.0 Å². The van der Waals surface area contributed by atoms with Gasteiger partial charge in [0.05, 0.1) is 0 Å². The normalized spacial score (nSPS) is 28.3. The number of amides is 1. The molecular weight excluding hydrogens is 298 g/mol. The van der Waals surface area contributed by atoms with Crippen molar-refractivity contribution >= 4 is 23.6 Å². The van der Waals surface area contributed by atoms with Crippen LogP contribution >= 0.6 is 11.8 Å². The van der Waals surface area contributed by atoms with Gasteiger partial charge in [-0.3, -0.25) is 4.79 Å². The van der Waals surface area contributed by atoms with Crippen molar-refractivity contribution in [3.63, 3.8) is 0 Å². The molecule has 2 aliphatic heterocycles. The van der Waals surface area contributed by atoms with Crippen LogP contribution in [0.5, 0.6) is 0 Å². The maximum atomic E-state index is 12.7. The SMILES string of the molecule is O=C(O)C1CSCC2CCC(CCc3ccccc3)C(=O)N21. The molecule has 118 valence electrons. The highest BCUT2D eigenvalue weighted by molar-refractivity contribution is 7.99. The summed E-state index contributed by atoms with van der Waals surface area (Å²) in [7, 11) is 0. The monoisotopic (exact) mass is 319 g/mol. The number of carbonyl (C=O) groups excluding carboxylic acids is 1. The van der Waals surface area contributed by atoms with Gasteiger partial charge in [-0.15, -0.1) is 0 Å². The average molecular weight is 319 g/mol. The first kappa shape index (κ1) is 15.4. The Morgan fingerprint density at radius 3 is 2.73 bits per heavy atom. The Morgan fingerprint density at radius 2 is 2.00 bits per heavy atom. The lowest BCUT2D eigenvalue weighted by molar-refractivity contribution is -0.156. The third kappa shape index (κ3) is 3.14. The molecule has 0 aliphatic carbocycles. The summed E-state index contributed by atoms with van der Waals surface area (Å²) >= 11 is 1.66. The third-order valence-corrected chi connectivity index (χ3v) is 5.85. The molecule has 0 bridgehead atoms. The van der Waals surface area contributed by atoms with Crippen LogP contribution in [-0.4, -0.2) is 45.5 Å². The Morgan fingerprint density at radius 1 is 1.23 bits per heavy atom. The number of carbonyl (C=O) groups is 2. The maximum Gasteiger partial charge on any atom is 0.327 e. The number of piperidine rings is 1. The van der Waals surface area contributed by atoms with Gasteiger partial charge in [-0.05, 0) is 31.2 Å². The lowest BCUT2D eigenvalue weighted by atomic mass is 9.87. The lowest BCUT2D eigenvalue weighted by Gasteiger charge is -2.45. The van der Waals surface area contributed by atoms with Crippen LogP contribution in [0.2, 0.25) is 0 Å². The summed E-state index contributed by atoms with van der Waals surface area (Å²) in [5.74, 6) is 0.555. The molecule has 4 nitrogen and oxygen atoms in total. The Kier molecular flexibility index (Phi) is 4.71. The molecule has 22 heavy (non-hydrogen) atoms. The summed E-state index contributed by atoms with van der Waals surface area (Å²) in [4.78, 5) is 25.9. The highest BCUT2D eigenvalue weighted by Crippen LogP contribution is 2.34. The molecule has 1 amide bonds. The van der Waals surface area contributed by atoms with Crippen LogP contribution in [0.3, 0.4) is 0 Å². The minimum absolute atomic E-state index is 0.0265. The first-order chi connectivity index (χ1) is 10.7.